The van der Waals surface area contributed by atoms with E-state index in [2.05, 4.69) is 20.3 Å². The number of ether oxygens (including phenoxy) is 1. The van der Waals surface area contributed by atoms with Crippen LogP contribution in [0.2, 0.25) is 0 Å². The van der Waals surface area contributed by atoms with E-state index in [0.29, 0.717) is 54.4 Å². The van der Waals surface area contributed by atoms with Crippen LogP contribution in [0.3, 0.4) is 0 Å². The number of morpholine rings is 1. The van der Waals surface area contributed by atoms with E-state index in [1.54, 1.807) is 26.1 Å². The Morgan fingerprint density at radius 1 is 1.15 bits per heavy atom. The summed E-state index contributed by atoms with van der Waals surface area (Å²) in [5, 5.41) is 14.8. The minimum absolute atomic E-state index is 0.0479. The lowest BCUT2D eigenvalue weighted by Crippen LogP contribution is -2.49. The Balaban J connectivity index is 1.72. The maximum absolute atomic E-state index is 14.9. The molecule has 0 amide bonds. The largest absolute Gasteiger partial charge is 0.378 e. The number of aromatic nitrogens is 4. The number of fused-ring (bicyclic) bond motifs is 1. The van der Waals surface area contributed by atoms with Gasteiger partial charge in [0, 0.05) is 18.0 Å². The average Bonchev–Trinajstić information content (AvgIpc) is 2.93. The van der Waals surface area contributed by atoms with Crippen molar-refractivity contribution in [1.29, 1.82) is 5.26 Å². The zero-order valence-electron chi connectivity index (χ0n) is 21.2. The minimum atomic E-state index is -2.96. The van der Waals surface area contributed by atoms with Crippen molar-refractivity contribution in [2.24, 2.45) is 0 Å². The quantitative estimate of drug-likeness (QED) is 0.390. The van der Waals surface area contributed by atoms with E-state index in [-0.39, 0.29) is 22.4 Å². The van der Waals surface area contributed by atoms with Gasteiger partial charge in [-0.25, -0.2) is 32.8 Å². The normalized spacial score (nSPS) is 14.4. The summed E-state index contributed by atoms with van der Waals surface area (Å²) in [6, 6.07) is 8.24. The van der Waals surface area contributed by atoms with Crippen molar-refractivity contribution in [2.75, 3.05) is 36.6 Å². The maximum atomic E-state index is 14.9. The molecule has 0 saturated carbocycles. The fourth-order valence-electron chi connectivity index (χ4n) is 4.64. The molecule has 12 heteroatoms. The maximum Gasteiger partial charge on any atom is 0.279 e. The van der Waals surface area contributed by atoms with Crippen LogP contribution in [0, 0.1) is 24.1 Å². The Kier molecular flexibility index (Phi) is 7.17. The molecule has 0 spiro atoms. The summed E-state index contributed by atoms with van der Waals surface area (Å²) in [5.41, 5.74) is 0.160. The lowest BCUT2D eigenvalue weighted by Gasteiger charge is -2.31. The van der Waals surface area contributed by atoms with Crippen LogP contribution in [0.1, 0.15) is 42.0 Å². The molecule has 9 nitrogen and oxygen atoms in total. The number of aryl methyl sites for hydroxylation is 1. The van der Waals surface area contributed by atoms with Gasteiger partial charge in [-0.1, -0.05) is 18.2 Å². The molecule has 0 unspecified atom stereocenters. The van der Waals surface area contributed by atoms with Crippen LogP contribution in [0.4, 0.5) is 19.0 Å². The van der Waals surface area contributed by atoms with Crippen molar-refractivity contribution in [2.45, 2.75) is 26.3 Å². The third-order valence-electron chi connectivity index (χ3n) is 6.54. The first-order valence-electron chi connectivity index (χ1n) is 12.2. The number of alkyl halides is 2. The van der Waals surface area contributed by atoms with Gasteiger partial charge >= 0.3 is 0 Å². The van der Waals surface area contributed by atoms with Gasteiger partial charge in [0.2, 0.25) is 0 Å². The molecule has 39 heavy (non-hydrogen) atoms. The number of benzene rings is 1. The number of rotatable bonds is 6. The smallest absolute Gasteiger partial charge is 0.279 e. The summed E-state index contributed by atoms with van der Waals surface area (Å²) in [6.45, 7) is 5.07. The number of anilines is 1. The number of nitrogens with one attached hydrogen (secondary N) is 1. The van der Waals surface area contributed by atoms with Crippen molar-refractivity contribution < 1.29 is 17.9 Å². The molecule has 1 N–H and O–H groups in total. The molecule has 1 aliphatic heterocycles. The highest BCUT2D eigenvalue weighted by atomic mass is 19.3. The van der Waals surface area contributed by atoms with Crippen molar-refractivity contribution in [1.82, 2.24) is 19.6 Å². The molecule has 1 fully saturated rings. The molecule has 1 aliphatic rings. The number of nitrogens with zero attached hydrogens (tertiary/aromatic N) is 6. The van der Waals surface area contributed by atoms with Gasteiger partial charge in [-0.2, -0.15) is 5.26 Å². The molecule has 0 radical (unpaired) electrons. The first-order chi connectivity index (χ1) is 18.8. The highest BCUT2D eigenvalue weighted by Gasteiger charge is 2.24. The predicted octanol–water partition coefficient (Wildman–Crippen LogP) is 4.25. The number of halogens is 3. The van der Waals surface area contributed by atoms with Crippen LogP contribution >= 0.6 is 0 Å². The van der Waals surface area contributed by atoms with E-state index in [9.17, 15) is 23.2 Å². The van der Waals surface area contributed by atoms with Crippen LogP contribution in [0.5, 0.6) is 0 Å². The van der Waals surface area contributed by atoms with Gasteiger partial charge in [0.15, 0.2) is 0 Å². The second-order valence-corrected chi connectivity index (χ2v) is 9.06. The highest BCUT2D eigenvalue weighted by molar-refractivity contribution is 5.98. The van der Waals surface area contributed by atoms with Crippen LogP contribution in [0.15, 0.2) is 47.5 Å². The summed E-state index contributed by atoms with van der Waals surface area (Å²) in [6.07, 6.45) is 0.0990. The Hall–Kier alpha value is -4.50. The SMILES string of the molecule is Cc1nc(N[C@H](C)c2cccc(C(F)F)c2F)c2cn(N3CCOCC3)c(=O)c(-c3ccnc(C#N)c3)c2n1. The minimum Gasteiger partial charge on any atom is -0.378 e. The van der Waals surface area contributed by atoms with Gasteiger partial charge in [0.05, 0.1) is 54.4 Å². The Morgan fingerprint density at radius 3 is 2.62 bits per heavy atom. The summed E-state index contributed by atoms with van der Waals surface area (Å²) >= 11 is 0. The van der Waals surface area contributed by atoms with Gasteiger partial charge in [-0.05, 0) is 31.5 Å². The number of hydrogen-bond acceptors (Lipinski definition) is 8. The van der Waals surface area contributed by atoms with Gasteiger partial charge in [0.1, 0.15) is 29.2 Å². The first kappa shape index (κ1) is 26.1. The van der Waals surface area contributed by atoms with Crippen LogP contribution < -0.4 is 15.9 Å². The summed E-state index contributed by atoms with van der Waals surface area (Å²) in [5.74, 6) is -0.364. The molecular formula is C27H24F3N7O2. The Morgan fingerprint density at radius 2 is 1.90 bits per heavy atom. The zero-order valence-corrected chi connectivity index (χ0v) is 21.2. The third kappa shape index (κ3) is 5.00. The Bertz CT molecular complexity index is 1650. The molecule has 1 saturated heterocycles. The molecule has 0 bridgehead atoms. The standard InChI is InChI=1S/C27H24F3N7O2/c1-15(19-4-3-5-20(23(19)28)25(29)30)33-26-21-14-37(36-8-10-39-11-9-36)27(38)22(24(21)34-16(2)35-26)17-6-7-32-18(12-17)13-31/h3-7,12,14-15,25H,8-11H2,1-2H3,(H,33,34,35)/t15-/m1/s1. The fraction of sp³-hybridized carbons (Fsp3) is 0.296. The molecule has 4 aromatic rings. The lowest BCUT2D eigenvalue weighted by atomic mass is 10.0. The Labute approximate surface area is 221 Å². The number of hydrogen-bond donors (Lipinski definition) is 1. The predicted molar refractivity (Wildman–Crippen MR) is 139 cm³/mol. The molecule has 3 aromatic heterocycles. The zero-order chi connectivity index (χ0) is 27.7. The second kappa shape index (κ2) is 10.7. The molecule has 5 rings (SSSR count). The van der Waals surface area contributed by atoms with E-state index in [4.69, 9.17) is 4.74 Å². The molecular weight excluding hydrogens is 511 g/mol. The van der Waals surface area contributed by atoms with Crippen molar-refractivity contribution in [3.8, 4) is 17.2 Å². The van der Waals surface area contributed by atoms with Gasteiger partial charge < -0.3 is 15.1 Å². The number of pyridine rings is 2. The monoisotopic (exact) mass is 535 g/mol. The van der Waals surface area contributed by atoms with Gasteiger partial charge in [0.25, 0.3) is 12.0 Å². The van der Waals surface area contributed by atoms with Crippen molar-refractivity contribution in [3.63, 3.8) is 0 Å². The molecule has 4 heterocycles. The summed E-state index contributed by atoms with van der Waals surface area (Å²) in [7, 11) is 0. The summed E-state index contributed by atoms with van der Waals surface area (Å²) < 4.78 is 48.5. The molecule has 200 valence electrons. The van der Waals surface area contributed by atoms with Crippen LogP contribution in [0.25, 0.3) is 22.0 Å². The topological polar surface area (TPSA) is 109 Å². The van der Waals surface area contributed by atoms with E-state index in [1.807, 2.05) is 11.1 Å². The highest BCUT2D eigenvalue weighted by Crippen LogP contribution is 2.32. The number of nitriles is 1. The molecule has 1 atom stereocenters. The summed E-state index contributed by atoms with van der Waals surface area (Å²) in [4.78, 5) is 27.0. The second-order valence-electron chi connectivity index (χ2n) is 9.06. The van der Waals surface area contributed by atoms with Crippen molar-refractivity contribution in [3.05, 3.63) is 81.5 Å². The van der Waals surface area contributed by atoms with Gasteiger partial charge in [-0.3, -0.25) is 4.79 Å². The van der Waals surface area contributed by atoms with E-state index < -0.39 is 23.8 Å². The first-order valence-corrected chi connectivity index (χ1v) is 12.2. The third-order valence-corrected chi connectivity index (χ3v) is 6.54. The molecule has 1 aromatic carbocycles. The average molecular weight is 536 g/mol. The fourth-order valence-corrected chi connectivity index (χ4v) is 4.64. The van der Waals surface area contributed by atoms with E-state index >= 15 is 0 Å². The van der Waals surface area contributed by atoms with Crippen molar-refractivity contribution >= 4 is 16.7 Å². The van der Waals surface area contributed by atoms with E-state index in [1.165, 1.54) is 29.1 Å². The van der Waals surface area contributed by atoms with E-state index in [0.717, 1.165) is 6.07 Å². The van der Waals surface area contributed by atoms with Crippen LogP contribution in [-0.2, 0) is 4.74 Å². The van der Waals surface area contributed by atoms with Crippen LogP contribution in [-0.4, -0.2) is 45.9 Å². The van der Waals surface area contributed by atoms with Gasteiger partial charge in [-0.15, -0.1) is 0 Å². The lowest BCUT2D eigenvalue weighted by molar-refractivity contribution is 0.111. The molecule has 0 aliphatic carbocycles.